The summed E-state index contributed by atoms with van der Waals surface area (Å²) in [4.78, 5) is 4.68. The first kappa shape index (κ1) is 13.5. The Bertz CT molecular complexity index is 776. The molecule has 0 saturated heterocycles. The summed E-state index contributed by atoms with van der Waals surface area (Å²) in [5.41, 5.74) is 7.58. The number of hydrogen-bond donors (Lipinski definition) is 2. The van der Waals surface area contributed by atoms with E-state index in [0.29, 0.717) is 4.99 Å². The van der Waals surface area contributed by atoms with Gasteiger partial charge in [-0.25, -0.2) is 4.98 Å². The monoisotopic (exact) mass is 293 g/mol. The molecule has 0 aliphatic rings. The molecule has 0 fully saturated rings. The highest BCUT2D eigenvalue weighted by molar-refractivity contribution is 7.80. The Morgan fingerprint density at radius 2 is 1.86 bits per heavy atom. The van der Waals surface area contributed by atoms with Crippen LogP contribution in [0.1, 0.15) is 11.1 Å². The highest BCUT2D eigenvalue weighted by Gasteiger charge is 2.01. The van der Waals surface area contributed by atoms with Gasteiger partial charge in [0, 0.05) is 18.3 Å². The number of rotatable bonds is 4. The molecule has 104 valence electrons. The van der Waals surface area contributed by atoms with Crippen molar-refractivity contribution < 1.29 is 0 Å². The smallest absolute Gasteiger partial charge is 0.126 e. The maximum Gasteiger partial charge on any atom is 0.126 e. The number of aromatic nitrogens is 1. The predicted octanol–water partition coefficient (Wildman–Crippen LogP) is 3.48. The number of anilines is 1. The van der Waals surface area contributed by atoms with E-state index in [9.17, 15) is 0 Å². The topological polar surface area (TPSA) is 50.9 Å². The van der Waals surface area contributed by atoms with Gasteiger partial charge in [-0.3, -0.25) is 0 Å². The van der Waals surface area contributed by atoms with Crippen LogP contribution in [-0.4, -0.2) is 9.97 Å². The van der Waals surface area contributed by atoms with Gasteiger partial charge < -0.3 is 11.1 Å². The summed E-state index contributed by atoms with van der Waals surface area (Å²) < 4.78 is 0. The lowest BCUT2D eigenvalue weighted by molar-refractivity contribution is 1.12. The second kappa shape index (κ2) is 5.89. The Hall–Kier alpha value is -2.46. The molecular weight excluding hydrogens is 278 g/mol. The zero-order chi connectivity index (χ0) is 14.7. The summed E-state index contributed by atoms with van der Waals surface area (Å²) >= 11 is 4.92. The lowest BCUT2D eigenvalue weighted by Gasteiger charge is -2.09. The van der Waals surface area contributed by atoms with Crippen molar-refractivity contribution in [3.05, 3.63) is 71.9 Å². The van der Waals surface area contributed by atoms with Crippen LogP contribution in [0.3, 0.4) is 0 Å². The highest BCUT2D eigenvalue weighted by Crippen LogP contribution is 2.19. The molecule has 0 aliphatic heterocycles. The maximum absolute atomic E-state index is 5.56. The van der Waals surface area contributed by atoms with E-state index in [-0.39, 0.29) is 0 Å². The molecule has 0 saturated carbocycles. The SMILES string of the molecule is NC(=S)c1ccc(NCc2cccc3ccccc23)nc1. The lowest BCUT2D eigenvalue weighted by Crippen LogP contribution is -2.10. The molecule has 3 rings (SSSR count). The first-order chi connectivity index (χ1) is 10.2. The Labute approximate surface area is 128 Å². The first-order valence-electron chi connectivity index (χ1n) is 6.70. The van der Waals surface area contributed by atoms with E-state index in [1.165, 1.54) is 16.3 Å². The molecule has 0 unspecified atom stereocenters. The van der Waals surface area contributed by atoms with Gasteiger partial charge in [0.25, 0.3) is 0 Å². The van der Waals surface area contributed by atoms with Gasteiger partial charge in [0.05, 0.1) is 0 Å². The molecule has 0 amide bonds. The summed E-state index contributed by atoms with van der Waals surface area (Å²) in [6.07, 6.45) is 1.69. The van der Waals surface area contributed by atoms with Crippen LogP contribution in [0, 0.1) is 0 Å². The van der Waals surface area contributed by atoms with Crippen LogP contribution in [0.2, 0.25) is 0 Å². The van der Waals surface area contributed by atoms with Gasteiger partial charge in [0.1, 0.15) is 10.8 Å². The summed E-state index contributed by atoms with van der Waals surface area (Å²) in [6.45, 7) is 0.723. The molecule has 4 heteroatoms. The summed E-state index contributed by atoms with van der Waals surface area (Å²) in [7, 11) is 0. The minimum atomic E-state index is 0.364. The molecule has 0 aliphatic carbocycles. The number of fused-ring (bicyclic) bond motifs is 1. The predicted molar refractivity (Wildman–Crippen MR) is 91.4 cm³/mol. The van der Waals surface area contributed by atoms with E-state index in [1.54, 1.807) is 6.20 Å². The molecule has 21 heavy (non-hydrogen) atoms. The van der Waals surface area contributed by atoms with E-state index in [4.69, 9.17) is 18.0 Å². The van der Waals surface area contributed by atoms with Gasteiger partial charge in [-0.15, -0.1) is 0 Å². The van der Waals surface area contributed by atoms with Crippen LogP contribution in [0.4, 0.5) is 5.82 Å². The van der Waals surface area contributed by atoms with Crippen molar-refractivity contribution in [1.82, 2.24) is 4.98 Å². The third-order valence-electron chi connectivity index (χ3n) is 3.39. The minimum Gasteiger partial charge on any atom is -0.389 e. The third-order valence-corrected chi connectivity index (χ3v) is 3.62. The molecular formula is C17H15N3S. The zero-order valence-electron chi connectivity index (χ0n) is 11.4. The fourth-order valence-corrected chi connectivity index (χ4v) is 2.40. The van der Waals surface area contributed by atoms with Gasteiger partial charge >= 0.3 is 0 Å². The summed E-state index contributed by atoms with van der Waals surface area (Å²) in [6, 6.07) is 18.4. The van der Waals surface area contributed by atoms with Crippen LogP contribution >= 0.6 is 12.2 Å². The molecule has 3 nitrogen and oxygen atoms in total. The van der Waals surface area contributed by atoms with Crippen molar-refractivity contribution in [2.24, 2.45) is 5.73 Å². The van der Waals surface area contributed by atoms with Gasteiger partial charge in [-0.05, 0) is 28.5 Å². The molecule has 0 bridgehead atoms. The Morgan fingerprint density at radius 1 is 1.05 bits per heavy atom. The van der Waals surface area contributed by atoms with Crippen molar-refractivity contribution in [1.29, 1.82) is 0 Å². The average molecular weight is 293 g/mol. The Morgan fingerprint density at radius 3 is 2.62 bits per heavy atom. The van der Waals surface area contributed by atoms with Crippen LogP contribution < -0.4 is 11.1 Å². The number of nitrogens with zero attached hydrogens (tertiary/aromatic N) is 1. The Balaban J connectivity index is 1.79. The number of thiocarbonyl (C=S) groups is 1. The molecule has 0 atom stereocenters. The van der Waals surface area contributed by atoms with Crippen LogP contribution in [0.5, 0.6) is 0 Å². The van der Waals surface area contributed by atoms with Crippen molar-refractivity contribution >= 4 is 33.8 Å². The van der Waals surface area contributed by atoms with Gasteiger partial charge in [0.2, 0.25) is 0 Å². The maximum atomic E-state index is 5.56. The number of hydrogen-bond acceptors (Lipinski definition) is 3. The van der Waals surface area contributed by atoms with Crippen molar-refractivity contribution in [2.45, 2.75) is 6.54 Å². The molecule has 3 aromatic rings. The lowest BCUT2D eigenvalue weighted by atomic mass is 10.0. The van der Waals surface area contributed by atoms with E-state index in [2.05, 4.69) is 52.8 Å². The van der Waals surface area contributed by atoms with Gasteiger partial charge in [-0.1, -0.05) is 54.7 Å². The van der Waals surface area contributed by atoms with Crippen LogP contribution in [0.15, 0.2) is 60.8 Å². The van der Waals surface area contributed by atoms with E-state index in [0.717, 1.165) is 17.9 Å². The second-order valence-corrected chi connectivity index (χ2v) is 5.23. The van der Waals surface area contributed by atoms with E-state index < -0.39 is 0 Å². The molecule has 0 radical (unpaired) electrons. The quantitative estimate of drug-likeness (QED) is 0.723. The van der Waals surface area contributed by atoms with Gasteiger partial charge in [0.15, 0.2) is 0 Å². The van der Waals surface area contributed by atoms with Crippen LogP contribution in [-0.2, 0) is 6.54 Å². The fourth-order valence-electron chi connectivity index (χ4n) is 2.28. The molecule has 0 spiro atoms. The standard InChI is InChI=1S/C17H15N3S/c18-17(21)14-8-9-16(20-11-14)19-10-13-6-3-5-12-4-1-2-7-15(12)13/h1-9,11H,10H2,(H2,18,21)(H,19,20). The van der Waals surface area contributed by atoms with Crippen molar-refractivity contribution in [2.75, 3.05) is 5.32 Å². The normalized spacial score (nSPS) is 10.5. The zero-order valence-corrected chi connectivity index (χ0v) is 12.2. The van der Waals surface area contributed by atoms with Gasteiger partial charge in [-0.2, -0.15) is 0 Å². The first-order valence-corrected chi connectivity index (χ1v) is 7.11. The molecule has 1 aromatic heterocycles. The minimum absolute atomic E-state index is 0.364. The summed E-state index contributed by atoms with van der Waals surface area (Å²) in [5, 5.41) is 5.82. The van der Waals surface area contributed by atoms with Crippen molar-refractivity contribution in [3.8, 4) is 0 Å². The Kier molecular flexibility index (Phi) is 3.79. The third kappa shape index (κ3) is 3.01. The van der Waals surface area contributed by atoms with E-state index >= 15 is 0 Å². The number of benzene rings is 2. The number of nitrogens with one attached hydrogen (secondary N) is 1. The molecule has 3 N–H and O–H groups in total. The number of nitrogens with two attached hydrogens (primary N) is 1. The molecule has 2 aromatic carbocycles. The molecule has 1 heterocycles. The van der Waals surface area contributed by atoms with Crippen LogP contribution in [0.25, 0.3) is 10.8 Å². The fraction of sp³-hybridized carbons (Fsp3) is 0.0588. The highest BCUT2D eigenvalue weighted by atomic mass is 32.1. The number of pyridine rings is 1. The average Bonchev–Trinajstić information content (AvgIpc) is 2.53. The largest absolute Gasteiger partial charge is 0.389 e. The van der Waals surface area contributed by atoms with E-state index in [1.807, 2.05) is 12.1 Å². The summed E-state index contributed by atoms with van der Waals surface area (Å²) in [5.74, 6) is 0.808. The van der Waals surface area contributed by atoms with Crippen molar-refractivity contribution in [3.63, 3.8) is 0 Å². The second-order valence-electron chi connectivity index (χ2n) is 4.79.